The Morgan fingerprint density at radius 1 is 0.905 bits per heavy atom. The van der Waals surface area contributed by atoms with Crippen molar-refractivity contribution in [3.05, 3.63) is 70.8 Å². The number of rotatable bonds is 4. The van der Waals surface area contributed by atoms with Crippen molar-refractivity contribution in [2.75, 3.05) is 7.05 Å². The monoisotopic (exact) mass is 293 g/mol. The molecule has 0 bridgehead atoms. The van der Waals surface area contributed by atoms with Crippen LogP contribution in [0.4, 0.5) is 13.2 Å². The van der Waals surface area contributed by atoms with Crippen LogP contribution in [-0.2, 0) is 19.3 Å². The lowest BCUT2D eigenvalue weighted by Gasteiger charge is -2.20. The molecule has 0 aliphatic rings. The van der Waals surface area contributed by atoms with E-state index in [0.29, 0.717) is 12.1 Å². The molecule has 2 aromatic carbocycles. The normalized spacial score (nSPS) is 11.9. The highest BCUT2D eigenvalue weighted by Gasteiger charge is 2.32. The van der Waals surface area contributed by atoms with Crippen LogP contribution < -0.4 is 0 Å². The third-order valence-electron chi connectivity index (χ3n) is 3.34. The van der Waals surface area contributed by atoms with Crippen molar-refractivity contribution in [1.29, 1.82) is 0 Å². The predicted molar refractivity (Wildman–Crippen MR) is 77.8 cm³/mol. The van der Waals surface area contributed by atoms with Crippen LogP contribution >= 0.6 is 0 Å². The third-order valence-corrected chi connectivity index (χ3v) is 3.34. The van der Waals surface area contributed by atoms with Crippen LogP contribution in [0.25, 0.3) is 0 Å². The average Bonchev–Trinajstić information content (AvgIpc) is 2.41. The maximum atomic E-state index is 13.0. The molecule has 21 heavy (non-hydrogen) atoms. The molecular formula is C17H18F3N. The van der Waals surface area contributed by atoms with E-state index in [2.05, 4.69) is 0 Å². The number of hydrogen-bond donors (Lipinski definition) is 0. The third kappa shape index (κ3) is 4.33. The summed E-state index contributed by atoms with van der Waals surface area (Å²) in [4.78, 5) is 1.88. The van der Waals surface area contributed by atoms with Gasteiger partial charge in [0.2, 0.25) is 0 Å². The van der Waals surface area contributed by atoms with Gasteiger partial charge >= 0.3 is 6.18 Å². The lowest BCUT2D eigenvalue weighted by Crippen LogP contribution is -2.20. The van der Waals surface area contributed by atoms with Gasteiger partial charge in [-0.3, -0.25) is 4.90 Å². The minimum absolute atomic E-state index is 0.267. The van der Waals surface area contributed by atoms with Crippen molar-refractivity contribution in [3.63, 3.8) is 0 Å². The van der Waals surface area contributed by atoms with E-state index in [1.54, 1.807) is 6.07 Å². The summed E-state index contributed by atoms with van der Waals surface area (Å²) in [5, 5.41) is 0. The fourth-order valence-electron chi connectivity index (χ4n) is 2.29. The first-order valence-corrected chi connectivity index (χ1v) is 6.75. The van der Waals surface area contributed by atoms with E-state index in [1.807, 2.05) is 43.1 Å². The summed E-state index contributed by atoms with van der Waals surface area (Å²) in [6.45, 7) is 2.89. The Hall–Kier alpha value is -1.81. The number of aryl methyl sites for hydroxylation is 1. The van der Waals surface area contributed by atoms with E-state index in [0.717, 1.165) is 11.6 Å². The van der Waals surface area contributed by atoms with Crippen LogP contribution in [-0.4, -0.2) is 11.9 Å². The van der Waals surface area contributed by atoms with E-state index in [4.69, 9.17) is 0 Å². The van der Waals surface area contributed by atoms with Gasteiger partial charge in [0.15, 0.2) is 0 Å². The van der Waals surface area contributed by atoms with Crippen LogP contribution in [0, 0.1) is 6.92 Å². The highest BCUT2D eigenvalue weighted by molar-refractivity contribution is 5.29. The summed E-state index contributed by atoms with van der Waals surface area (Å²) in [6.07, 6.45) is -4.30. The molecular weight excluding hydrogens is 275 g/mol. The van der Waals surface area contributed by atoms with Crippen LogP contribution in [0.5, 0.6) is 0 Å². The van der Waals surface area contributed by atoms with E-state index in [9.17, 15) is 13.2 Å². The van der Waals surface area contributed by atoms with Gasteiger partial charge in [0.1, 0.15) is 0 Å². The summed E-state index contributed by atoms with van der Waals surface area (Å²) in [6, 6.07) is 13.8. The van der Waals surface area contributed by atoms with Crippen molar-refractivity contribution in [3.8, 4) is 0 Å². The average molecular weight is 293 g/mol. The number of nitrogens with zero attached hydrogens (tertiary/aromatic N) is 1. The van der Waals surface area contributed by atoms with Gasteiger partial charge in [-0.2, -0.15) is 13.2 Å². The first kappa shape index (κ1) is 15.6. The predicted octanol–water partition coefficient (Wildman–Crippen LogP) is 4.65. The zero-order valence-corrected chi connectivity index (χ0v) is 12.1. The molecule has 0 saturated heterocycles. The zero-order valence-electron chi connectivity index (χ0n) is 12.1. The Bertz CT molecular complexity index is 588. The molecule has 4 heteroatoms. The van der Waals surface area contributed by atoms with E-state index < -0.39 is 11.7 Å². The first-order valence-electron chi connectivity index (χ1n) is 6.75. The Kier molecular flexibility index (Phi) is 4.68. The summed E-state index contributed by atoms with van der Waals surface area (Å²) < 4.78 is 38.9. The van der Waals surface area contributed by atoms with E-state index in [1.165, 1.54) is 17.7 Å². The molecule has 0 unspecified atom stereocenters. The Balaban J connectivity index is 2.09. The highest BCUT2D eigenvalue weighted by atomic mass is 19.4. The number of alkyl halides is 3. The molecule has 1 nitrogen and oxygen atoms in total. The fraction of sp³-hybridized carbons (Fsp3) is 0.294. The second-order valence-corrected chi connectivity index (χ2v) is 5.31. The van der Waals surface area contributed by atoms with Gasteiger partial charge < -0.3 is 0 Å². The zero-order chi connectivity index (χ0) is 15.5. The van der Waals surface area contributed by atoms with Crippen molar-refractivity contribution in [1.82, 2.24) is 4.90 Å². The van der Waals surface area contributed by atoms with Gasteiger partial charge in [0.05, 0.1) is 5.56 Å². The number of hydrogen-bond acceptors (Lipinski definition) is 1. The Morgan fingerprint density at radius 2 is 1.52 bits per heavy atom. The minimum Gasteiger partial charge on any atom is -0.298 e. The highest BCUT2D eigenvalue weighted by Crippen LogP contribution is 2.32. The van der Waals surface area contributed by atoms with Crippen LogP contribution in [0.1, 0.15) is 22.3 Å². The molecule has 2 aromatic rings. The molecule has 0 radical (unpaired) electrons. The SMILES string of the molecule is Cc1ccc(CN(C)Cc2ccccc2C(F)(F)F)cc1. The van der Waals surface area contributed by atoms with Crippen molar-refractivity contribution in [2.45, 2.75) is 26.2 Å². The Morgan fingerprint density at radius 3 is 2.14 bits per heavy atom. The number of halogens is 3. The second-order valence-electron chi connectivity index (χ2n) is 5.31. The van der Waals surface area contributed by atoms with Crippen molar-refractivity contribution in [2.24, 2.45) is 0 Å². The first-order chi connectivity index (χ1) is 9.86. The standard InChI is InChI=1S/C17H18F3N/c1-13-7-9-14(10-8-13)11-21(2)12-15-5-3-4-6-16(15)17(18,19)20/h3-10H,11-12H2,1-2H3. The molecule has 0 aliphatic carbocycles. The number of benzene rings is 2. The maximum absolute atomic E-state index is 13.0. The van der Waals surface area contributed by atoms with Gasteiger partial charge in [-0.25, -0.2) is 0 Å². The van der Waals surface area contributed by atoms with Crippen LogP contribution in [0.15, 0.2) is 48.5 Å². The smallest absolute Gasteiger partial charge is 0.298 e. The molecule has 0 spiro atoms. The van der Waals surface area contributed by atoms with E-state index >= 15 is 0 Å². The molecule has 0 aromatic heterocycles. The molecule has 0 aliphatic heterocycles. The lowest BCUT2D eigenvalue weighted by atomic mass is 10.1. The van der Waals surface area contributed by atoms with E-state index in [-0.39, 0.29) is 6.54 Å². The summed E-state index contributed by atoms with van der Waals surface area (Å²) >= 11 is 0. The molecule has 0 amide bonds. The molecule has 112 valence electrons. The van der Waals surface area contributed by atoms with Gasteiger partial charge in [-0.1, -0.05) is 48.0 Å². The topological polar surface area (TPSA) is 3.24 Å². The lowest BCUT2D eigenvalue weighted by molar-refractivity contribution is -0.138. The molecule has 0 fully saturated rings. The molecule has 0 atom stereocenters. The fourth-order valence-corrected chi connectivity index (χ4v) is 2.29. The van der Waals surface area contributed by atoms with Gasteiger partial charge in [-0.15, -0.1) is 0 Å². The Labute approximate surface area is 123 Å². The summed E-state index contributed by atoms with van der Waals surface area (Å²) in [5.41, 5.74) is 2.01. The summed E-state index contributed by atoms with van der Waals surface area (Å²) in [5.74, 6) is 0. The van der Waals surface area contributed by atoms with Gasteiger partial charge in [0, 0.05) is 13.1 Å². The van der Waals surface area contributed by atoms with Crippen molar-refractivity contribution >= 4 is 0 Å². The quantitative estimate of drug-likeness (QED) is 0.793. The second kappa shape index (κ2) is 6.31. The minimum atomic E-state index is -4.30. The van der Waals surface area contributed by atoms with Gasteiger partial charge in [-0.05, 0) is 31.2 Å². The van der Waals surface area contributed by atoms with Crippen LogP contribution in [0.3, 0.4) is 0 Å². The van der Waals surface area contributed by atoms with Gasteiger partial charge in [0.25, 0.3) is 0 Å². The maximum Gasteiger partial charge on any atom is 0.416 e. The van der Waals surface area contributed by atoms with Crippen molar-refractivity contribution < 1.29 is 13.2 Å². The molecule has 0 heterocycles. The largest absolute Gasteiger partial charge is 0.416 e. The molecule has 0 saturated carbocycles. The van der Waals surface area contributed by atoms with Crippen LogP contribution in [0.2, 0.25) is 0 Å². The summed E-state index contributed by atoms with van der Waals surface area (Å²) in [7, 11) is 1.83. The molecule has 2 rings (SSSR count). The molecule has 0 N–H and O–H groups in total.